The van der Waals surface area contributed by atoms with E-state index in [0.29, 0.717) is 30.5 Å². The van der Waals surface area contributed by atoms with Crippen molar-refractivity contribution in [1.29, 1.82) is 0 Å². The van der Waals surface area contributed by atoms with Crippen LogP contribution in [-0.4, -0.2) is 52.3 Å². The van der Waals surface area contributed by atoms with E-state index in [4.69, 9.17) is 13.9 Å². The first-order valence-electron chi connectivity index (χ1n) is 10.4. The van der Waals surface area contributed by atoms with E-state index >= 15 is 0 Å². The molecule has 3 aromatic rings. The lowest BCUT2D eigenvalue weighted by Crippen LogP contribution is -2.22. The number of aromatic nitrogens is 5. The van der Waals surface area contributed by atoms with E-state index in [9.17, 15) is 4.79 Å². The summed E-state index contributed by atoms with van der Waals surface area (Å²) in [4.78, 5) is 23.9. The summed E-state index contributed by atoms with van der Waals surface area (Å²) in [7, 11) is -1.29. The molecule has 0 amide bonds. The smallest absolute Gasteiger partial charge is 0.303 e. The number of carbonyl (C=O) groups excluding carboxylic acids is 1. The average Bonchev–Trinajstić information content (AvgIpc) is 3.21. The van der Waals surface area contributed by atoms with Gasteiger partial charge in [-0.2, -0.15) is 4.98 Å². The molecule has 0 atom stereocenters. The quantitative estimate of drug-likeness (QED) is 0.339. The molecule has 0 spiro atoms. The molecule has 0 bridgehead atoms. The summed E-state index contributed by atoms with van der Waals surface area (Å²) in [5.74, 6) is 0.782. The summed E-state index contributed by atoms with van der Waals surface area (Å²) in [6.45, 7) is 9.25. The van der Waals surface area contributed by atoms with Gasteiger partial charge in [-0.3, -0.25) is 9.78 Å². The fourth-order valence-electron chi connectivity index (χ4n) is 2.61. The Morgan fingerprint density at radius 2 is 1.97 bits per heavy atom. The molecule has 11 heteroatoms. The third-order valence-corrected chi connectivity index (χ3v) is 6.09. The Bertz CT molecular complexity index is 1020. The molecule has 0 saturated heterocycles. The SMILES string of the molecule is CC(=O)OCc1nnc(-c2cnc(NCCc3ccncc3)nc2OCC[Si](C)(C)C)o1. The number of carbonyl (C=O) groups is 1. The molecule has 0 saturated carbocycles. The van der Waals surface area contributed by atoms with Gasteiger partial charge in [0.05, 0.1) is 6.61 Å². The molecule has 0 radical (unpaired) electrons. The van der Waals surface area contributed by atoms with Crippen molar-refractivity contribution in [2.75, 3.05) is 18.5 Å². The van der Waals surface area contributed by atoms with Crippen molar-refractivity contribution in [3.63, 3.8) is 0 Å². The predicted molar refractivity (Wildman–Crippen MR) is 121 cm³/mol. The first-order valence-corrected chi connectivity index (χ1v) is 14.1. The monoisotopic (exact) mass is 456 g/mol. The first kappa shape index (κ1) is 23.3. The Labute approximate surface area is 187 Å². The normalized spacial score (nSPS) is 11.2. The minimum atomic E-state index is -1.29. The lowest BCUT2D eigenvalue weighted by atomic mass is 10.2. The van der Waals surface area contributed by atoms with Crippen molar-refractivity contribution in [1.82, 2.24) is 25.1 Å². The molecular weight excluding hydrogens is 428 g/mol. The molecule has 0 aliphatic rings. The van der Waals surface area contributed by atoms with Gasteiger partial charge in [0.15, 0.2) is 6.61 Å². The Balaban J connectivity index is 1.73. The van der Waals surface area contributed by atoms with E-state index in [2.05, 4.69) is 50.1 Å². The van der Waals surface area contributed by atoms with Gasteiger partial charge in [0.2, 0.25) is 11.8 Å². The van der Waals surface area contributed by atoms with E-state index in [1.165, 1.54) is 12.5 Å². The van der Waals surface area contributed by atoms with Crippen molar-refractivity contribution in [2.24, 2.45) is 0 Å². The summed E-state index contributed by atoms with van der Waals surface area (Å²) in [5, 5.41) is 11.2. The third kappa shape index (κ3) is 7.41. The number of pyridine rings is 1. The lowest BCUT2D eigenvalue weighted by molar-refractivity contribution is -0.142. The molecule has 3 rings (SSSR count). The van der Waals surface area contributed by atoms with Crippen LogP contribution < -0.4 is 10.1 Å². The van der Waals surface area contributed by atoms with Crippen LogP contribution in [0.25, 0.3) is 11.5 Å². The second-order valence-corrected chi connectivity index (χ2v) is 14.0. The number of hydrogen-bond acceptors (Lipinski definition) is 10. The maximum Gasteiger partial charge on any atom is 0.303 e. The molecule has 0 aliphatic heterocycles. The van der Waals surface area contributed by atoms with Gasteiger partial charge in [-0.25, -0.2) is 4.98 Å². The molecule has 0 aromatic carbocycles. The largest absolute Gasteiger partial charge is 0.477 e. The van der Waals surface area contributed by atoms with E-state index in [0.717, 1.165) is 12.5 Å². The fraction of sp³-hybridized carbons (Fsp3) is 0.429. The van der Waals surface area contributed by atoms with Crippen LogP contribution in [0.5, 0.6) is 5.88 Å². The molecule has 32 heavy (non-hydrogen) atoms. The van der Waals surface area contributed by atoms with E-state index < -0.39 is 14.0 Å². The van der Waals surface area contributed by atoms with Crippen LogP contribution in [0.4, 0.5) is 5.95 Å². The van der Waals surface area contributed by atoms with Gasteiger partial charge in [0, 0.05) is 40.1 Å². The molecule has 0 fully saturated rings. The summed E-state index contributed by atoms with van der Waals surface area (Å²) in [5.41, 5.74) is 1.66. The minimum Gasteiger partial charge on any atom is -0.477 e. The highest BCUT2D eigenvalue weighted by Crippen LogP contribution is 2.28. The van der Waals surface area contributed by atoms with E-state index in [1.54, 1.807) is 18.6 Å². The van der Waals surface area contributed by atoms with Crippen molar-refractivity contribution in [2.45, 2.75) is 45.6 Å². The van der Waals surface area contributed by atoms with Gasteiger partial charge in [0.1, 0.15) is 5.56 Å². The molecule has 0 unspecified atom stereocenters. The zero-order chi connectivity index (χ0) is 23.0. The standard InChI is InChI=1S/C21H28N6O4Si/c1-15(28)30-14-18-26-27-20(31-18)17-13-24-21(23-10-7-16-5-8-22-9-6-16)25-19(17)29-11-12-32(2,3)4/h5-6,8-9,13H,7,10-12,14H2,1-4H3,(H,23,24,25). The third-order valence-electron chi connectivity index (χ3n) is 4.39. The second-order valence-electron chi connectivity index (χ2n) is 8.39. The maximum atomic E-state index is 11.0. The Kier molecular flexibility index (Phi) is 7.87. The van der Waals surface area contributed by atoms with Crippen LogP contribution in [-0.2, 0) is 22.6 Å². The highest BCUT2D eigenvalue weighted by Gasteiger charge is 2.19. The van der Waals surface area contributed by atoms with Crippen LogP contribution in [0.3, 0.4) is 0 Å². The number of hydrogen-bond donors (Lipinski definition) is 1. The van der Waals surface area contributed by atoms with Crippen LogP contribution >= 0.6 is 0 Å². The van der Waals surface area contributed by atoms with Crippen LogP contribution in [0.15, 0.2) is 35.1 Å². The summed E-state index contributed by atoms with van der Waals surface area (Å²) in [6.07, 6.45) is 5.94. The fourth-order valence-corrected chi connectivity index (χ4v) is 3.33. The molecular formula is C21H28N6O4Si. The van der Waals surface area contributed by atoms with Gasteiger partial charge in [-0.05, 0) is 30.2 Å². The van der Waals surface area contributed by atoms with E-state index in [-0.39, 0.29) is 18.4 Å². The second kappa shape index (κ2) is 10.8. The Morgan fingerprint density at radius 1 is 1.19 bits per heavy atom. The van der Waals surface area contributed by atoms with Gasteiger partial charge in [0.25, 0.3) is 11.8 Å². The average molecular weight is 457 g/mol. The number of anilines is 1. The number of rotatable bonds is 11. The molecule has 10 nitrogen and oxygen atoms in total. The van der Waals surface area contributed by atoms with Crippen molar-refractivity contribution >= 4 is 20.0 Å². The van der Waals surface area contributed by atoms with Crippen molar-refractivity contribution < 1.29 is 18.7 Å². The summed E-state index contributed by atoms with van der Waals surface area (Å²) < 4.78 is 16.5. The lowest BCUT2D eigenvalue weighted by Gasteiger charge is -2.16. The highest BCUT2D eigenvalue weighted by molar-refractivity contribution is 6.76. The molecule has 170 valence electrons. The van der Waals surface area contributed by atoms with Gasteiger partial charge in [-0.1, -0.05) is 19.6 Å². The number of esters is 1. The summed E-state index contributed by atoms with van der Waals surface area (Å²) in [6, 6.07) is 4.92. The van der Waals surface area contributed by atoms with E-state index in [1.807, 2.05) is 12.1 Å². The highest BCUT2D eigenvalue weighted by atomic mass is 28.3. The van der Waals surface area contributed by atoms with Gasteiger partial charge in [-0.15, -0.1) is 10.2 Å². The number of ether oxygens (including phenoxy) is 2. The maximum absolute atomic E-state index is 11.0. The zero-order valence-corrected chi connectivity index (χ0v) is 19.8. The molecule has 3 heterocycles. The van der Waals surface area contributed by atoms with Crippen LogP contribution in [0.2, 0.25) is 25.7 Å². The molecule has 1 N–H and O–H groups in total. The molecule has 3 aromatic heterocycles. The zero-order valence-electron chi connectivity index (χ0n) is 18.8. The minimum absolute atomic E-state index is 0.0936. The van der Waals surface area contributed by atoms with Gasteiger partial charge >= 0.3 is 5.97 Å². The predicted octanol–water partition coefficient (Wildman–Crippen LogP) is 3.36. The Morgan fingerprint density at radius 3 is 2.69 bits per heavy atom. The van der Waals surface area contributed by atoms with Crippen molar-refractivity contribution in [3.05, 3.63) is 42.2 Å². The first-order chi connectivity index (χ1) is 15.3. The van der Waals surface area contributed by atoms with Crippen molar-refractivity contribution in [3.8, 4) is 17.3 Å². The van der Waals surface area contributed by atoms with Crippen LogP contribution in [0.1, 0.15) is 18.4 Å². The molecule has 0 aliphatic carbocycles. The van der Waals surface area contributed by atoms with Gasteiger partial charge < -0.3 is 19.2 Å². The number of nitrogens with zero attached hydrogens (tertiary/aromatic N) is 5. The topological polar surface area (TPSA) is 125 Å². The van der Waals surface area contributed by atoms with Crippen LogP contribution in [0, 0.1) is 0 Å². The number of nitrogens with one attached hydrogen (secondary N) is 1. The Hall–Kier alpha value is -3.34. The summed E-state index contributed by atoms with van der Waals surface area (Å²) >= 11 is 0.